The number of anilines is 1. The minimum Gasteiger partial charge on any atom is -0.340 e. The van der Waals surface area contributed by atoms with Crippen molar-refractivity contribution in [1.29, 1.82) is 0 Å². The first-order valence-electron chi connectivity index (χ1n) is 12.5. The maximum absolute atomic E-state index is 13.4. The molecule has 4 aromatic rings. The first-order chi connectivity index (χ1) is 18.6. The molecule has 39 heavy (non-hydrogen) atoms. The molecular formula is C31H31N3O4S. The van der Waals surface area contributed by atoms with Crippen LogP contribution in [0.1, 0.15) is 47.1 Å². The highest BCUT2D eigenvalue weighted by atomic mass is 32.1. The van der Waals surface area contributed by atoms with E-state index in [4.69, 9.17) is 5.21 Å². The summed E-state index contributed by atoms with van der Waals surface area (Å²) in [5, 5.41) is 15.4. The second-order valence-corrected chi connectivity index (χ2v) is 11.4. The van der Waals surface area contributed by atoms with Gasteiger partial charge in [0.25, 0.3) is 11.8 Å². The van der Waals surface area contributed by atoms with Gasteiger partial charge < -0.3 is 10.6 Å². The topological polar surface area (TPSA) is 108 Å². The Balaban J connectivity index is 1.52. The number of hydrogen-bond donors (Lipinski definition) is 4. The van der Waals surface area contributed by atoms with Gasteiger partial charge in [-0.25, -0.2) is 5.48 Å². The number of carbonyl (C=O) groups excluding carboxylic acids is 3. The number of benzene rings is 3. The summed E-state index contributed by atoms with van der Waals surface area (Å²) in [5.41, 5.74) is 4.67. The largest absolute Gasteiger partial charge is 0.340 e. The zero-order chi connectivity index (χ0) is 28.0. The van der Waals surface area contributed by atoms with Crippen molar-refractivity contribution in [2.24, 2.45) is 0 Å². The highest BCUT2D eigenvalue weighted by Gasteiger charge is 2.23. The fourth-order valence-corrected chi connectivity index (χ4v) is 5.02. The minimum atomic E-state index is -0.796. The van der Waals surface area contributed by atoms with Crippen molar-refractivity contribution in [1.82, 2.24) is 10.8 Å². The van der Waals surface area contributed by atoms with E-state index in [2.05, 4.69) is 31.4 Å². The molecule has 0 saturated carbocycles. The molecule has 1 aromatic heterocycles. The predicted octanol–water partition coefficient (Wildman–Crippen LogP) is 5.70. The van der Waals surface area contributed by atoms with E-state index in [1.54, 1.807) is 29.8 Å². The number of hydrogen-bond acceptors (Lipinski definition) is 5. The third-order valence-corrected chi connectivity index (χ3v) is 7.31. The molecule has 0 bridgehead atoms. The van der Waals surface area contributed by atoms with Crippen molar-refractivity contribution >= 4 is 50.9 Å². The van der Waals surface area contributed by atoms with Crippen LogP contribution in [0.4, 0.5) is 5.69 Å². The summed E-state index contributed by atoms with van der Waals surface area (Å²) >= 11 is 1.48. The van der Waals surface area contributed by atoms with Gasteiger partial charge in [-0.2, -0.15) is 0 Å². The Bertz CT molecular complexity index is 1500. The minimum absolute atomic E-state index is 0.0284. The van der Waals surface area contributed by atoms with Gasteiger partial charge in [-0.05, 0) is 64.4 Å². The maximum atomic E-state index is 13.4. The van der Waals surface area contributed by atoms with Crippen LogP contribution >= 0.6 is 11.3 Å². The van der Waals surface area contributed by atoms with Crippen LogP contribution in [0.3, 0.4) is 0 Å². The van der Waals surface area contributed by atoms with Crippen molar-refractivity contribution in [2.75, 3.05) is 5.32 Å². The molecule has 0 radical (unpaired) electrons. The monoisotopic (exact) mass is 541 g/mol. The summed E-state index contributed by atoms with van der Waals surface area (Å²) in [6, 6.07) is 23.6. The zero-order valence-corrected chi connectivity index (χ0v) is 22.8. The molecule has 0 aliphatic heterocycles. The van der Waals surface area contributed by atoms with Gasteiger partial charge in [0.2, 0.25) is 5.91 Å². The van der Waals surface area contributed by atoms with Gasteiger partial charge >= 0.3 is 0 Å². The lowest BCUT2D eigenvalue weighted by atomic mass is 9.86. The number of nitrogens with one attached hydrogen (secondary N) is 3. The van der Waals surface area contributed by atoms with Gasteiger partial charge in [-0.1, -0.05) is 63.2 Å². The molecular weight excluding hydrogens is 510 g/mol. The van der Waals surface area contributed by atoms with Crippen molar-refractivity contribution in [3.8, 4) is 0 Å². The highest BCUT2D eigenvalue weighted by molar-refractivity contribution is 7.19. The van der Waals surface area contributed by atoms with Gasteiger partial charge in [-0.3, -0.25) is 19.6 Å². The van der Waals surface area contributed by atoms with Gasteiger partial charge in [0.1, 0.15) is 6.04 Å². The van der Waals surface area contributed by atoms with Crippen molar-refractivity contribution in [3.63, 3.8) is 0 Å². The summed E-state index contributed by atoms with van der Waals surface area (Å²) < 4.78 is 0.977. The molecule has 3 amide bonds. The van der Waals surface area contributed by atoms with Gasteiger partial charge in [0, 0.05) is 33.3 Å². The fourth-order valence-electron chi connectivity index (χ4n) is 4.07. The smallest absolute Gasteiger partial charge is 0.267 e. The van der Waals surface area contributed by atoms with E-state index in [1.807, 2.05) is 60.7 Å². The molecule has 4 N–H and O–H groups in total. The zero-order valence-electron chi connectivity index (χ0n) is 22.0. The summed E-state index contributed by atoms with van der Waals surface area (Å²) in [6.07, 6.45) is 3.18. The van der Waals surface area contributed by atoms with E-state index in [0.29, 0.717) is 17.7 Å². The Morgan fingerprint density at radius 2 is 1.67 bits per heavy atom. The molecule has 0 aliphatic carbocycles. The molecule has 3 aromatic carbocycles. The molecule has 8 heteroatoms. The Morgan fingerprint density at radius 1 is 0.949 bits per heavy atom. The summed E-state index contributed by atoms with van der Waals surface area (Å²) in [4.78, 5) is 38.6. The quantitative estimate of drug-likeness (QED) is 0.130. The molecule has 200 valence electrons. The van der Waals surface area contributed by atoms with Crippen LogP contribution in [-0.2, 0) is 21.4 Å². The Labute approximate surface area is 231 Å². The molecule has 1 heterocycles. The molecule has 7 nitrogen and oxygen atoms in total. The third kappa shape index (κ3) is 7.40. The second-order valence-electron chi connectivity index (χ2n) is 10.2. The second kappa shape index (κ2) is 12.1. The lowest BCUT2D eigenvalue weighted by Gasteiger charge is -2.21. The number of fused-ring (bicyclic) bond motifs is 1. The predicted molar refractivity (Wildman–Crippen MR) is 156 cm³/mol. The van der Waals surface area contributed by atoms with E-state index in [-0.39, 0.29) is 17.2 Å². The number of carbonyl (C=O) groups is 3. The number of rotatable bonds is 8. The van der Waals surface area contributed by atoms with E-state index in [1.165, 1.54) is 17.4 Å². The lowest BCUT2D eigenvalue weighted by molar-refractivity contribution is -0.124. The number of hydroxylamine groups is 1. The van der Waals surface area contributed by atoms with E-state index < -0.39 is 11.9 Å². The van der Waals surface area contributed by atoms with Crippen molar-refractivity contribution in [3.05, 3.63) is 107 Å². The number of thiophene rings is 1. The van der Waals surface area contributed by atoms with Crippen molar-refractivity contribution in [2.45, 2.75) is 38.6 Å². The average Bonchev–Trinajstić information content (AvgIpc) is 3.33. The van der Waals surface area contributed by atoms with E-state index in [0.717, 1.165) is 26.1 Å². The van der Waals surface area contributed by atoms with Crippen LogP contribution in [0.25, 0.3) is 16.2 Å². The Morgan fingerprint density at radius 3 is 2.33 bits per heavy atom. The van der Waals surface area contributed by atoms with E-state index >= 15 is 0 Å². The third-order valence-electron chi connectivity index (χ3n) is 6.23. The average molecular weight is 542 g/mol. The maximum Gasteiger partial charge on any atom is 0.267 e. The molecule has 0 saturated heterocycles. The standard InChI is InChI=1S/C31H31N3O4S/c1-31(2,3)23-11-9-21(10-12-23)29(36)33-26(17-20-7-5-4-6-8-20)30(37)32-24-13-15-27-22(18-24)19-25(39-27)14-16-28(35)34-38/h4-16,18-19,26,38H,17H2,1-3H3,(H,32,37)(H,33,36)(H,34,35)/b16-14+. The number of amides is 3. The Kier molecular flexibility index (Phi) is 8.59. The lowest BCUT2D eigenvalue weighted by Crippen LogP contribution is -2.45. The molecule has 1 unspecified atom stereocenters. The van der Waals surface area contributed by atoms with Crippen LogP contribution in [0.2, 0.25) is 0 Å². The van der Waals surface area contributed by atoms with Crippen molar-refractivity contribution < 1.29 is 19.6 Å². The molecule has 0 spiro atoms. The van der Waals surface area contributed by atoms with Gasteiger partial charge in [0.15, 0.2) is 0 Å². The fraction of sp³-hybridized carbons (Fsp3) is 0.194. The SMILES string of the molecule is CC(C)(C)c1ccc(C(=O)NC(Cc2ccccc2)C(=O)Nc2ccc3sc(/C=C/C(=O)NO)cc3c2)cc1. The Hall–Kier alpha value is -4.27. The van der Waals surface area contributed by atoms with Crippen LogP contribution in [0.5, 0.6) is 0 Å². The molecule has 4 rings (SSSR count). The van der Waals surface area contributed by atoms with Crippen LogP contribution in [0.15, 0.2) is 84.9 Å². The summed E-state index contributed by atoms with van der Waals surface area (Å²) in [7, 11) is 0. The molecule has 1 atom stereocenters. The first-order valence-corrected chi connectivity index (χ1v) is 13.4. The van der Waals surface area contributed by atoms with Gasteiger partial charge in [0.05, 0.1) is 0 Å². The van der Waals surface area contributed by atoms with Crippen LogP contribution < -0.4 is 16.1 Å². The first kappa shape index (κ1) is 27.8. The van der Waals surface area contributed by atoms with Crippen LogP contribution in [0, 0.1) is 0 Å². The molecule has 0 aliphatic rings. The van der Waals surface area contributed by atoms with Gasteiger partial charge in [-0.15, -0.1) is 11.3 Å². The van der Waals surface area contributed by atoms with E-state index in [9.17, 15) is 14.4 Å². The van der Waals surface area contributed by atoms with Crippen LogP contribution in [-0.4, -0.2) is 29.0 Å². The summed E-state index contributed by atoms with van der Waals surface area (Å²) in [6.45, 7) is 6.34. The molecule has 0 fully saturated rings. The summed E-state index contributed by atoms with van der Waals surface area (Å²) in [5.74, 6) is -1.26. The normalized spacial score (nSPS) is 12.3. The highest BCUT2D eigenvalue weighted by Crippen LogP contribution is 2.29.